The van der Waals surface area contributed by atoms with Crippen molar-refractivity contribution in [2.45, 2.75) is 38.8 Å². The lowest BCUT2D eigenvalue weighted by Crippen LogP contribution is -2.26. The Kier molecular flexibility index (Phi) is 4.21. The number of carboxylic acid groups (broad SMARTS) is 1. The van der Waals surface area contributed by atoms with E-state index in [9.17, 15) is 9.59 Å². The fraction of sp³-hybridized carbons (Fsp3) is 0.538. The minimum absolute atomic E-state index is 0.00733. The summed E-state index contributed by atoms with van der Waals surface area (Å²) in [5, 5.41) is 11.6. The zero-order valence-corrected chi connectivity index (χ0v) is 10.8. The maximum Gasteiger partial charge on any atom is 0.339 e. The van der Waals surface area contributed by atoms with Gasteiger partial charge in [-0.3, -0.25) is 4.79 Å². The first-order valence-corrected chi connectivity index (χ1v) is 6.27. The average Bonchev–Trinajstić information content (AvgIpc) is 2.96. The van der Waals surface area contributed by atoms with Crippen LogP contribution in [0.1, 0.15) is 41.1 Å². The lowest BCUT2D eigenvalue weighted by Gasteiger charge is -2.08. The Morgan fingerprint density at radius 2 is 2.32 bits per heavy atom. The summed E-state index contributed by atoms with van der Waals surface area (Å²) >= 11 is 0. The third kappa shape index (κ3) is 3.57. The van der Waals surface area contributed by atoms with Crippen LogP contribution in [0.15, 0.2) is 10.5 Å². The van der Waals surface area contributed by atoms with Crippen molar-refractivity contribution < 1.29 is 23.8 Å². The zero-order chi connectivity index (χ0) is 13.8. The van der Waals surface area contributed by atoms with Gasteiger partial charge in [-0.2, -0.15) is 0 Å². The summed E-state index contributed by atoms with van der Waals surface area (Å²) < 4.78 is 10.6. The molecule has 1 amide bonds. The molecule has 0 saturated carbocycles. The van der Waals surface area contributed by atoms with Crippen LogP contribution in [0, 0.1) is 6.92 Å². The van der Waals surface area contributed by atoms with Crippen molar-refractivity contribution in [3.05, 3.63) is 23.2 Å². The number of rotatable bonds is 5. The molecule has 104 valence electrons. The quantitative estimate of drug-likeness (QED) is 0.843. The molecule has 0 aromatic carbocycles. The Hall–Kier alpha value is -1.82. The maximum absolute atomic E-state index is 11.6. The SMILES string of the molecule is Cc1oc(CNC(=O)CC2CCCO2)cc1C(=O)O. The van der Waals surface area contributed by atoms with Crippen LogP contribution in [0.3, 0.4) is 0 Å². The smallest absolute Gasteiger partial charge is 0.339 e. The lowest BCUT2D eigenvalue weighted by molar-refractivity contribution is -0.123. The first-order chi connectivity index (χ1) is 9.06. The predicted octanol–water partition coefficient (Wildman–Crippen LogP) is 1.47. The minimum Gasteiger partial charge on any atom is -0.478 e. The van der Waals surface area contributed by atoms with E-state index in [1.807, 2.05) is 0 Å². The molecule has 1 atom stereocenters. The summed E-state index contributed by atoms with van der Waals surface area (Å²) in [6.07, 6.45) is 2.26. The van der Waals surface area contributed by atoms with E-state index < -0.39 is 5.97 Å². The molecule has 1 aromatic rings. The van der Waals surface area contributed by atoms with Gasteiger partial charge in [0.05, 0.1) is 19.1 Å². The second-order valence-electron chi connectivity index (χ2n) is 4.60. The number of aromatic carboxylic acids is 1. The van der Waals surface area contributed by atoms with E-state index in [4.69, 9.17) is 14.3 Å². The molecule has 1 fully saturated rings. The number of carboxylic acids is 1. The van der Waals surface area contributed by atoms with Gasteiger partial charge in [-0.1, -0.05) is 0 Å². The molecule has 1 aliphatic heterocycles. The van der Waals surface area contributed by atoms with Crippen molar-refractivity contribution in [2.24, 2.45) is 0 Å². The van der Waals surface area contributed by atoms with Gasteiger partial charge in [0, 0.05) is 6.61 Å². The van der Waals surface area contributed by atoms with Crippen LogP contribution in [0.25, 0.3) is 0 Å². The molecule has 2 heterocycles. The summed E-state index contributed by atoms with van der Waals surface area (Å²) in [6.45, 7) is 2.50. The van der Waals surface area contributed by atoms with E-state index in [2.05, 4.69) is 5.32 Å². The second kappa shape index (κ2) is 5.88. The first kappa shape index (κ1) is 13.6. The van der Waals surface area contributed by atoms with Gasteiger partial charge in [0.15, 0.2) is 0 Å². The molecule has 2 rings (SSSR count). The van der Waals surface area contributed by atoms with Crippen LogP contribution in [-0.2, 0) is 16.1 Å². The third-order valence-corrected chi connectivity index (χ3v) is 3.10. The number of amides is 1. The van der Waals surface area contributed by atoms with E-state index in [0.717, 1.165) is 19.4 Å². The van der Waals surface area contributed by atoms with Crippen LogP contribution in [0.2, 0.25) is 0 Å². The summed E-state index contributed by atoms with van der Waals surface area (Å²) in [7, 11) is 0. The highest BCUT2D eigenvalue weighted by molar-refractivity contribution is 5.88. The molecule has 1 unspecified atom stereocenters. The van der Waals surface area contributed by atoms with Gasteiger partial charge >= 0.3 is 5.97 Å². The molecule has 19 heavy (non-hydrogen) atoms. The van der Waals surface area contributed by atoms with Crippen molar-refractivity contribution in [1.82, 2.24) is 5.32 Å². The third-order valence-electron chi connectivity index (χ3n) is 3.10. The maximum atomic E-state index is 11.6. The fourth-order valence-corrected chi connectivity index (χ4v) is 2.11. The molecule has 0 aliphatic carbocycles. The van der Waals surface area contributed by atoms with Gasteiger partial charge in [0.2, 0.25) is 5.91 Å². The fourth-order valence-electron chi connectivity index (χ4n) is 2.11. The van der Waals surface area contributed by atoms with Gasteiger partial charge in [-0.25, -0.2) is 4.79 Å². The van der Waals surface area contributed by atoms with E-state index in [1.165, 1.54) is 6.07 Å². The molecule has 1 saturated heterocycles. The van der Waals surface area contributed by atoms with Crippen molar-refractivity contribution in [3.8, 4) is 0 Å². The Balaban J connectivity index is 1.82. The average molecular weight is 267 g/mol. The standard InChI is InChI=1S/C13H17NO5/c1-8-11(13(16)17)5-10(19-8)7-14-12(15)6-9-3-2-4-18-9/h5,9H,2-4,6-7H2,1H3,(H,14,15)(H,16,17). The highest BCUT2D eigenvalue weighted by Crippen LogP contribution is 2.16. The number of nitrogens with one attached hydrogen (secondary N) is 1. The number of carbonyl (C=O) groups is 2. The molecule has 6 nitrogen and oxygen atoms in total. The molecule has 0 bridgehead atoms. The van der Waals surface area contributed by atoms with Crippen LogP contribution in [-0.4, -0.2) is 29.7 Å². The van der Waals surface area contributed by atoms with Gasteiger partial charge in [0.25, 0.3) is 0 Å². The van der Waals surface area contributed by atoms with Gasteiger partial charge in [0.1, 0.15) is 17.1 Å². The van der Waals surface area contributed by atoms with E-state index in [1.54, 1.807) is 6.92 Å². The minimum atomic E-state index is -1.03. The number of ether oxygens (including phenoxy) is 1. The van der Waals surface area contributed by atoms with Crippen LogP contribution in [0.5, 0.6) is 0 Å². The van der Waals surface area contributed by atoms with Gasteiger partial charge in [-0.15, -0.1) is 0 Å². The summed E-state index contributed by atoms with van der Waals surface area (Å²) in [5.74, 6) is -0.359. The van der Waals surface area contributed by atoms with Gasteiger partial charge < -0.3 is 19.6 Å². The molecule has 2 N–H and O–H groups in total. The lowest BCUT2D eigenvalue weighted by atomic mass is 10.2. The number of hydrogen-bond donors (Lipinski definition) is 2. The van der Waals surface area contributed by atoms with Crippen molar-refractivity contribution in [2.75, 3.05) is 6.61 Å². The van der Waals surface area contributed by atoms with E-state index in [-0.39, 0.29) is 24.1 Å². The number of furan rings is 1. The van der Waals surface area contributed by atoms with Crippen molar-refractivity contribution >= 4 is 11.9 Å². The highest BCUT2D eigenvalue weighted by atomic mass is 16.5. The number of carbonyl (C=O) groups excluding carboxylic acids is 1. The Morgan fingerprint density at radius 1 is 1.53 bits per heavy atom. The molecular formula is C13H17NO5. The van der Waals surface area contributed by atoms with Crippen LogP contribution < -0.4 is 5.32 Å². The second-order valence-corrected chi connectivity index (χ2v) is 4.60. The summed E-state index contributed by atoms with van der Waals surface area (Å²) in [6, 6.07) is 1.43. The van der Waals surface area contributed by atoms with Crippen LogP contribution in [0.4, 0.5) is 0 Å². The Bertz CT molecular complexity index is 473. The first-order valence-electron chi connectivity index (χ1n) is 6.27. The molecule has 1 aromatic heterocycles. The van der Waals surface area contributed by atoms with Crippen molar-refractivity contribution in [1.29, 1.82) is 0 Å². The van der Waals surface area contributed by atoms with Crippen molar-refractivity contribution in [3.63, 3.8) is 0 Å². The number of hydrogen-bond acceptors (Lipinski definition) is 4. The van der Waals surface area contributed by atoms with E-state index in [0.29, 0.717) is 17.9 Å². The predicted molar refractivity (Wildman–Crippen MR) is 65.8 cm³/mol. The van der Waals surface area contributed by atoms with Crippen LogP contribution >= 0.6 is 0 Å². The molecule has 6 heteroatoms. The Labute approximate surface area is 110 Å². The summed E-state index contributed by atoms with van der Waals surface area (Å²) in [5.41, 5.74) is 0.128. The summed E-state index contributed by atoms with van der Waals surface area (Å²) in [4.78, 5) is 22.5. The zero-order valence-electron chi connectivity index (χ0n) is 10.8. The normalized spacial score (nSPS) is 18.5. The topological polar surface area (TPSA) is 88.8 Å². The molecule has 1 aliphatic rings. The monoisotopic (exact) mass is 267 g/mol. The number of aryl methyl sites for hydroxylation is 1. The highest BCUT2D eigenvalue weighted by Gasteiger charge is 2.19. The molecule has 0 radical (unpaired) electrons. The van der Waals surface area contributed by atoms with Gasteiger partial charge in [-0.05, 0) is 25.8 Å². The molecule has 0 spiro atoms. The largest absolute Gasteiger partial charge is 0.478 e. The Morgan fingerprint density at radius 3 is 2.89 bits per heavy atom. The van der Waals surface area contributed by atoms with E-state index >= 15 is 0 Å². The molecular weight excluding hydrogens is 250 g/mol.